The summed E-state index contributed by atoms with van der Waals surface area (Å²) in [5.41, 5.74) is 2.12. The van der Waals surface area contributed by atoms with Crippen molar-refractivity contribution in [3.63, 3.8) is 0 Å². The number of H-pyrrole nitrogens is 1. The minimum absolute atomic E-state index is 0.947. The van der Waals surface area contributed by atoms with E-state index in [1.165, 1.54) is 0 Å². The van der Waals surface area contributed by atoms with Gasteiger partial charge in [-0.15, -0.1) is 0 Å². The second-order valence-electron chi connectivity index (χ2n) is 2.64. The molecule has 1 rings (SSSR count). The molecule has 0 aromatic carbocycles. The van der Waals surface area contributed by atoms with Crippen molar-refractivity contribution in [3.8, 4) is 0 Å². The minimum Gasteiger partial charge on any atom is -0.346 e. The molecular weight excluding hydrogens is 172 g/mol. The second-order valence-corrected chi connectivity index (χ2v) is 2.64. The molecule has 0 atom stereocenters. The van der Waals surface area contributed by atoms with Gasteiger partial charge in [0.1, 0.15) is 5.82 Å². The summed E-state index contributed by atoms with van der Waals surface area (Å²) in [5.74, 6) is 1.04. The summed E-state index contributed by atoms with van der Waals surface area (Å²) in [6.07, 6.45) is 6.54. The molecule has 1 heterocycles. The van der Waals surface area contributed by atoms with Crippen molar-refractivity contribution in [1.29, 1.82) is 0 Å². The van der Waals surface area contributed by atoms with Crippen LogP contribution in [0.25, 0.3) is 6.08 Å². The van der Waals surface area contributed by atoms with Crippen molar-refractivity contribution in [2.45, 2.75) is 34.1 Å². The molecule has 0 saturated heterocycles. The van der Waals surface area contributed by atoms with Crippen LogP contribution in [0.2, 0.25) is 0 Å². The smallest absolute Gasteiger partial charge is 0.106 e. The van der Waals surface area contributed by atoms with Gasteiger partial charge in [0.2, 0.25) is 0 Å². The maximum atomic E-state index is 4.38. The second kappa shape index (κ2) is 7.13. The van der Waals surface area contributed by atoms with Crippen LogP contribution in [0.3, 0.4) is 0 Å². The third-order valence-electron chi connectivity index (χ3n) is 1.70. The molecule has 0 radical (unpaired) electrons. The Kier molecular flexibility index (Phi) is 6.46. The van der Waals surface area contributed by atoms with Crippen molar-refractivity contribution in [3.05, 3.63) is 35.9 Å². The quantitative estimate of drug-likeness (QED) is 0.729. The van der Waals surface area contributed by atoms with E-state index in [2.05, 4.69) is 23.5 Å². The van der Waals surface area contributed by atoms with Crippen LogP contribution in [0.5, 0.6) is 0 Å². The van der Waals surface area contributed by atoms with Gasteiger partial charge in [0.05, 0.1) is 5.69 Å². The van der Waals surface area contributed by atoms with Gasteiger partial charge in [-0.2, -0.15) is 0 Å². The Morgan fingerprint density at radius 1 is 1.43 bits per heavy atom. The van der Waals surface area contributed by atoms with E-state index < -0.39 is 0 Å². The van der Waals surface area contributed by atoms with Crippen molar-refractivity contribution < 1.29 is 0 Å². The van der Waals surface area contributed by atoms with Crippen molar-refractivity contribution in [2.75, 3.05) is 0 Å². The number of hydrogen-bond acceptors (Lipinski definition) is 1. The highest BCUT2D eigenvalue weighted by Gasteiger charge is 2.00. The Morgan fingerprint density at radius 3 is 2.50 bits per heavy atom. The molecule has 2 nitrogen and oxygen atoms in total. The lowest BCUT2D eigenvalue weighted by Crippen LogP contribution is -1.80. The molecule has 2 heteroatoms. The predicted molar refractivity (Wildman–Crippen MR) is 63.3 cm³/mol. The lowest BCUT2D eigenvalue weighted by atomic mass is 10.3. The van der Waals surface area contributed by atoms with Gasteiger partial charge >= 0.3 is 0 Å². The highest BCUT2D eigenvalue weighted by atomic mass is 14.9. The van der Waals surface area contributed by atoms with Crippen LogP contribution in [0.15, 0.2) is 18.7 Å². The number of aromatic amines is 1. The van der Waals surface area contributed by atoms with Gasteiger partial charge in [0, 0.05) is 12.1 Å². The first-order valence-electron chi connectivity index (χ1n) is 5.12. The highest BCUT2D eigenvalue weighted by molar-refractivity contribution is 5.49. The summed E-state index contributed by atoms with van der Waals surface area (Å²) in [7, 11) is 0. The number of nitrogens with one attached hydrogen (secondary N) is 1. The maximum absolute atomic E-state index is 4.38. The van der Waals surface area contributed by atoms with Gasteiger partial charge < -0.3 is 4.98 Å². The molecule has 0 amide bonds. The molecule has 0 aliphatic rings. The van der Waals surface area contributed by atoms with Crippen LogP contribution in [0, 0.1) is 6.92 Å². The maximum Gasteiger partial charge on any atom is 0.106 e. The average Bonchev–Trinajstić information content (AvgIpc) is 2.59. The molecule has 0 saturated carbocycles. The van der Waals surface area contributed by atoms with Crippen LogP contribution in [-0.4, -0.2) is 9.97 Å². The lowest BCUT2D eigenvalue weighted by Gasteiger charge is -1.83. The predicted octanol–water partition coefficient (Wildman–Crippen LogP) is 3.51. The topological polar surface area (TPSA) is 28.7 Å². The fourth-order valence-electron chi connectivity index (χ4n) is 1.03. The van der Waals surface area contributed by atoms with E-state index in [9.17, 15) is 0 Å². The van der Waals surface area contributed by atoms with Crippen LogP contribution in [0.1, 0.15) is 38.0 Å². The molecule has 1 N–H and O–H groups in total. The SMILES string of the molecule is C=C/C=C\c1nc(CC)[nH]c1C.CC. The molecule has 0 fully saturated rings. The highest BCUT2D eigenvalue weighted by Crippen LogP contribution is 2.07. The fourth-order valence-corrected chi connectivity index (χ4v) is 1.03. The first kappa shape index (κ1) is 12.7. The standard InChI is InChI=1S/C10H14N2.C2H6/c1-4-6-7-9-8(3)11-10(5-2)12-9;1-2/h4,6-7H,1,5H2,2-3H3,(H,11,12);1-2H3/b7-6-;. The zero-order chi connectivity index (χ0) is 11.0. The zero-order valence-electron chi connectivity index (χ0n) is 9.59. The van der Waals surface area contributed by atoms with Gasteiger partial charge in [-0.3, -0.25) is 0 Å². The number of nitrogens with zero attached hydrogens (tertiary/aromatic N) is 1. The molecule has 0 unspecified atom stereocenters. The Balaban J connectivity index is 0.000000791. The van der Waals surface area contributed by atoms with Crippen molar-refractivity contribution in [2.24, 2.45) is 0 Å². The van der Waals surface area contributed by atoms with E-state index in [1.807, 2.05) is 32.9 Å². The van der Waals surface area contributed by atoms with E-state index in [4.69, 9.17) is 0 Å². The van der Waals surface area contributed by atoms with Gasteiger partial charge in [-0.25, -0.2) is 4.98 Å². The van der Waals surface area contributed by atoms with Gasteiger partial charge in [0.15, 0.2) is 0 Å². The Bertz CT molecular complexity index is 295. The molecule has 0 spiro atoms. The molecule has 0 aliphatic carbocycles. The van der Waals surface area contributed by atoms with E-state index in [1.54, 1.807) is 6.08 Å². The number of allylic oxidation sites excluding steroid dienone is 2. The van der Waals surface area contributed by atoms with E-state index in [0.29, 0.717) is 0 Å². The summed E-state index contributed by atoms with van der Waals surface area (Å²) in [5, 5.41) is 0. The van der Waals surface area contributed by atoms with Crippen LogP contribution < -0.4 is 0 Å². The third kappa shape index (κ3) is 3.60. The average molecular weight is 192 g/mol. The van der Waals surface area contributed by atoms with E-state index in [-0.39, 0.29) is 0 Å². The third-order valence-corrected chi connectivity index (χ3v) is 1.70. The number of hydrogen-bond donors (Lipinski definition) is 1. The van der Waals surface area contributed by atoms with Crippen molar-refractivity contribution in [1.82, 2.24) is 9.97 Å². The first-order chi connectivity index (χ1) is 6.77. The van der Waals surface area contributed by atoms with Crippen molar-refractivity contribution >= 4 is 6.08 Å². The van der Waals surface area contributed by atoms with Crippen LogP contribution in [-0.2, 0) is 6.42 Å². The zero-order valence-corrected chi connectivity index (χ0v) is 9.59. The molecule has 1 aromatic rings. The Morgan fingerprint density at radius 2 is 2.07 bits per heavy atom. The summed E-state index contributed by atoms with van der Waals surface area (Å²) >= 11 is 0. The van der Waals surface area contributed by atoms with Gasteiger partial charge in [-0.05, 0) is 13.0 Å². The van der Waals surface area contributed by atoms with Gasteiger partial charge in [-0.1, -0.05) is 39.5 Å². The lowest BCUT2D eigenvalue weighted by molar-refractivity contribution is 0.981. The monoisotopic (exact) mass is 192 g/mol. The molecular formula is C12H20N2. The number of rotatable bonds is 3. The first-order valence-corrected chi connectivity index (χ1v) is 5.12. The van der Waals surface area contributed by atoms with Crippen LogP contribution >= 0.6 is 0 Å². The van der Waals surface area contributed by atoms with Crippen LogP contribution in [0.4, 0.5) is 0 Å². The van der Waals surface area contributed by atoms with E-state index >= 15 is 0 Å². The van der Waals surface area contributed by atoms with E-state index in [0.717, 1.165) is 23.6 Å². The Hall–Kier alpha value is -1.31. The molecule has 1 aromatic heterocycles. The molecule has 78 valence electrons. The normalized spacial score (nSPS) is 9.71. The minimum atomic E-state index is 0.947. The molecule has 14 heavy (non-hydrogen) atoms. The summed E-state index contributed by atoms with van der Waals surface area (Å²) < 4.78 is 0. The number of aromatic nitrogens is 2. The Labute approximate surface area is 86.8 Å². The molecule has 0 aliphatic heterocycles. The summed E-state index contributed by atoms with van der Waals surface area (Å²) in [6, 6.07) is 0. The fraction of sp³-hybridized carbons (Fsp3) is 0.417. The molecule has 0 bridgehead atoms. The largest absolute Gasteiger partial charge is 0.346 e. The number of aryl methyl sites for hydroxylation is 2. The van der Waals surface area contributed by atoms with Gasteiger partial charge in [0.25, 0.3) is 0 Å². The number of imidazole rings is 1. The summed E-state index contributed by atoms with van der Waals surface area (Å²) in [6.45, 7) is 11.7. The summed E-state index contributed by atoms with van der Waals surface area (Å²) in [4.78, 5) is 7.58.